The fourth-order valence-corrected chi connectivity index (χ4v) is 1.87. The number of rotatable bonds is 5. The molecule has 0 heterocycles. The van der Waals surface area contributed by atoms with Crippen LogP contribution in [0.5, 0.6) is 0 Å². The quantitative estimate of drug-likeness (QED) is 0.745. The number of hydrogen-bond donors (Lipinski definition) is 2. The Balaban J connectivity index is 2.41. The number of amides is 1. The average molecular weight is 271 g/mol. The summed E-state index contributed by atoms with van der Waals surface area (Å²) in [7, 11) is 0. The Bertz CT molecular complexity index is 335. The minimum absolute atomic E-state index is 0.0570. The van der Waals surface area contributed by atoms with Crippen LogP contribution in [0.4, 0.5) is 17.6 Å². The number of carboxylic acid groups (broad SMARTS) is 1. The standard InChI is InChI=1S/C10H13F4NO3/c11-9(12)10(13,14)4-15-7(16)5-1-2-6(3-5)8(17)18/h5-6,9H,1-4H2,(H,15,16)(H,17,18). The summed E-state index contributed by atoms with van der Waals surface area (Å²) in [5.41, 5.74) is 0. The summed E-state index contributed by atoms with van der Waals surface area (Å²) in [4.78, 5) is 22.0. The lowest BCUT2D eigenvalue weighted by Crippen LogP contribution is -2.43. The largest absolute Gasteiger partial charge is 0.481 e. The molecular formula is C10H13F4NO3. The van der Waals surface area contributed by atoms with Gasteiger partial charge in [-0.15, -0.1) is 0 Å². The van der Waals surface area contributed by atoms with Crippen LogP contribution in [-0.4, -0.2) is 35.9 Å². The maximum absolute atomic E-state index is 12.5. The number of carbonyl (C=O) groups is 2. The molecule has 2 atom stereocenters. The average Bonchev–Trinajstić information content (AvgIpc) is 2.75. The molecule has 1 saturated carbocycles. The van der Waals surface area contributed by atoms with Crippen molar-refractivity contribution in [2.24, 2.45) is 11.8 Å². The number of aliphatic carboxylic acids is 1. The van der Waals surface area contributed by atoms with Gasteiger partial charge in [-0.1, -0.05) is 0 Å². The maximum Gasteiger partial charge on any atom is 0.324 e. The van der Waals surface area contributed by atoms with Gasteiger partial charge in [0, 0.05) is 5.92 Å². The van der Waals surface area contributed by atoms with Crippen LogP contribution in [0.2, 0.25) is 0 Å². The molecule has 1 aliphatic carbocycles. The number of hydrogen-bond acceptors (Lipinski definition) is 2. The van der Waals surface area contributed by atoms with Gasteiger partial charge in [-0.05, 0) is 19.3 Å². The van der Waals surface area contributed by atoms with Gasteiger partial charge in [-0.3, -0.25) is 9.59 Å². The molecule has 0 bridgehead atoms. The molecule has 0 aromatic rings. The molecule has 1 aliphatic rings. The van der Waals surface area contributed by atoms with Gasteiger partial charge in [-0.25, -0.2) is 8.78 Å². The third-order valence-electron chi connectivity index (χ3n) is 2.97. The molecule has 2 N–H and O–H groups in total. The van der Waals surface area contributed by atoms with Crippen molar-refractivity contribution in [2.45, 2.75) is 31.6 Å². The zero-order valence-corrected chi connectivity index (χ0v) is 9.34. The third-order valence-corrected chi connectivity index (χ3v) is 2.97. The molecule has 0 spiro atoms. The first-order valence-corrected chi connectivity index (χ1v) is 5.40. The van der Waals surface area contributed by atoms with E-state index >= 15 is 0 Å². The lowest BCUT2D eigenvalue weighted by molar-refractivity contribution is -0.142. The molecule has 1 amide bonds. The lowest BCUT2D eigenvalue weighted by Gasteiger charge is -2.17. The van der Waals surface area contributed by atoms with Crippen molar-refractivity contribution < 1.29 is 32.3 Å². The first-order valence-electron chi connectivity index (χ1n) is 5.40. The van der Waals surface area contributed by atoms with Crippen molar-refractivity contribution in [1.82, 2.24) is 5.32 Å². The number of halogens is 4. The van der Waals surface area contributed by atoms with Crippen LogP contribution in [-0.2, 0) is 9.59 Å². The summed E-state index contributed by atoms with van der Waals surface area (Å²) in [6.45, 7) is -1.43. The van der Waals surface area contributed by atoms with Crippen molar-refractivity contribution in [2.75, 3.05) is 6.54 Å². The van der Waals surface area contributed by atoms with E-state index < -0.39 is 42.6 Å². The highest BCUT2D eigenvalue weighted by molar-refractivity contribution is 5.80. The molecule has 0 radical (unpaired) electrons. The van der Waals surface area contributed by atoms with Crippen molar-refractivity contribution >= 4 is 11.9 Å². The fourth-order valence-electron chi connectivity index (χ4n) is 1.87. The van der Waals surface area contributed by atoms with Gasteiger partial charge >= 0.3 is 18.3 Å². The Morgan fingerprint density at radius 1 is 1.28 bits per heavy atom. The van der Waals surface area contributed by atoms with Crippen LogP contribution in [0.3, 0.4) is 0 Å². The second kappa shape index (κ2) is 5.53. The van der Waals surface area contributed by atoms with Crippen LogP contribution < -0.4 is 5.32 Å². The molecule has 0 saturated heterocycles. The van der Waals surface area contributed by atoms with Gasteiger partial charge < -0.3 is 10.4 Å². The van der Waals surface area contributed by atoms with Gasteiger partial charge in [0.1, 0.15) is 0 Å². The van der Waals surface area contributed by atoms with E-state index in [9.17, 15) is 27.2 Å². The summed E-state index contributed by atoms with van der Waals surface area (Å²) in [5.74, 6) is -7.46. The molecular weight excluding hydrogens is 258 g/mol. The van der Waals surface area contributed by atoms with Crippen molar-refractivity contribution in [1.29, 1.82) is 0 Å². The molecule has 8 heteroatoms. The molecule has 0 aromatic heterocycles. The van der Waals surface area contributed by atoms with Gasteiger partial charge in [-0.2, -0.15) is 8.78 Å². The number of nitrogens with one attached hydrogen (secondary N) is 1. The summed E-state index contributed by atoms with van der Waals surface area (Å²) in [6.07, 6.45) is -3.23. The minimum atomic E-state index is -4.26. The van der Waals surface area contributed by atoms with Crippen molar-refractivity contribution in [3.05, 3.63) is 0 Å². The van der Waals surface area contributed by atoms with Crippen LogP contribution in [0.1, 0.15) is 19.3 Å². The minimum Gasteiger partial charge on any atom is -0.481 e. The second-order valence-corrected chi connectivity index (χ2v) is 4.32. The van der Waals surface area contributed by atoms with Gasteiger partial charge in [0.2, 0.25) is 5.91 Å². The Labute approximate surface area is 100 Å². The zero-order valence-electron chi connectivity index (χ0n) is 9.34. The Morgan fingerprint density at radius 2 is 1.83 bits per heavy atom. The van der Waals surface area contributed by atoms with E-state index in [0.29, 0.717) is 6.42 Å². The lowest BCUT2D eigenvalue weighted by atomic mass is 10.0. The number of alkyl halides is 4. The topological polar surface area (TPSA) is 66.4 Å². The zero-order chi connectivity index (χ0) is 13.9. The van der Waals surface area contributed by atoms with E-state index in [1.165, 1.54) is 0 Å². The Morgan fingerprint density at radius 3 is 2.28 bits per heavy atom. The normalized spacial score (nSPS) is 24.3. The Hall–Kier alpha value is -1.34. The monoisotopic (exact) mass is 271 g/mol. The highest BCUT2D eigenvalue weighted by Gasteiger charge is 2.42. The molecule has 18 heavy (non-hydrogen) atoms. The third kappa shape index (κ3) is 3.58. The smallest absolute Gasteiger partial charge is 0.324 e. The van der Waals surface area contributed by atoms with Crippen LogP contribution in [0.25, 0.3) is 0 Å². The van der Waals surface area contributed by atoms with E-state index in [1.54, 1.807) is 5.32 Å². The van der Waals surface area contributed by atoms with E-state index in [0.717, 1.165) is 0 Å². The van der Waals surface area contributed by atoms with Crippen LogP contribution in [0, 0.1) is 11.8 Å². The van der Waals surface area contributed by atoms with E-state index in [4.69, 9.17) is 5.11 Å². The van der Waals surface area contributed by atoms with Crippen LogP contribution in [0.15, 0.2) is 0 Å². The first-order chi connectivity index (χ1) is 8.24. The number of carbonyl (C=O) groups excluding carboxylic acids is 1. The van der Waals surface area contributed by atoms with Crippen molar-refractivity contribution in [3.8, 4) is 0 Å². The summed E-state index contributed by atoms with van der Waals surface area (Å²) < 4.78 is 48.7. The summed E-state index contributed by atoms with van der Waals surface area (Å²) in [6, 6.07) is 0. The molecule has 4 nitrogen and oxygen atoms in total. The Kier molecular flexibility index (Phi) is 4.53. The van der Waals surface area contributed by atoms with E-state index in [1.807, 2.05) is 0 Å². The van der Waals surface area contributed by atoms with E-state index in [-0.39, 0.29) is 12.8 Å². The molecule has 1 rings (SSSR count). The molecule has 1 fully saturated rings. The van der Waals surface area contributed by atoms with Crippen LogP contribution >= 0.6 is 0 Å². The SMILES string of the molecule is O=C(O)C1CCC(C(=O)NCC(F)(F)C(F)F)C1. The first kappa shape index (κ1) is 14.7. The molecule has 104 valence electrons. The van der Waals surface area contributed by atoms with Gasteiger partial charge in [0.25, 0.3) is 0 Å². The highest BCUT2D eigenvalue weighted by atomic mass is 19.3. The van der Waals surface area contributed by atoms with Gasteiger partial charge in [0.05, 0.1) is 12.5 Å². The molecule has 2 unspecified atom stereocenters. The van der Waals surface area contributed by atoms with Gasteiger partial charge in [0.15, 0.2) is 0 Å². The summed E-state index contributed by atoms with van der Waals surface area (Å²) >= 11 is 0. The highest BCUT2D eigenvalue weighted by Crippen LogP contribution is 2.31. The number of carboxylic acids is 1. The predicted octanol–water partition coefficient (Wildman–Crippen LogP) is 1.50. The summed E-state index contributed by atoms with van der Waals surface area (Å²) in [5, 5.41) is 10.4. The molecule has 0 aliphatic heterocycles. The predicted molar refractivity (Wildman–Crippen MR) is 52.4 cm³/mol. The second-order valence-electron chi connectivity index (χ2n) is 4.32. The molecule has 0 aromatic carbocycles. The van der Waals surface area contributed by atoms with Crippen molar-refractivity contribution in [3.63, 3.8) is 0 Å². The van der Waals surface area contributed by atoms with E-state index in [2.05, 4.69) is 0 Å². The fraction of sp³-hybridized carbons (Fsp3) is 0.800. The maximum atomic E-state index is 12.5.